The summed E-state index contributed by atoms with van der Waals surface area (Å²) in [7, 11) is 3.08. The fourth-order valence-corrected chi connectivity index (χ4v) is 8.92. The van der Waals surface area contributed by atoms with Crippen molar-refractivity contribution in [3.63, 3.8) is 0 Å². The number of aliphatic hydroxyl groups excluding tert-OH is 1. The number of ether oxygens (including phenoxy) is 4. The number of aromatic nitrogens is 3. The monoisotopic (exact) mass is 905 g/mol. The van der Waals surface area contributed by atoms with Crippen molar-refractivity contribution in [2.75, 3.05) is 58.1 Å². The van der Waals surface area contributed by atoms with Crippen LogP contribution in [0.15, 0.2) is 53.5 Å². The number of fused-ring (bicyclic) bond motifs is 7. The summed E-state index contributed by atoms with van der Waals surface area (Å²) < 4.78 is 24.4. The van der Waals surface area contributed by atoms with E-state index < -0.39 is 47.6 Å². The average Bonchev–Trinajstić information content (AvgIpc) is 3.63. The minimum atomic E-state index is -1.53. The van der Waals surface area contributed by atoms with Gasteiger partial charge in [-0.05, 0) is 68.2 Å². The van der Waals surface area contributed by atoms with Crippen molar-refractivity contribution in [3.8, 4) is 11.8 Å². The van der Waals surface area contributed by atoms with Gasteiger partial charge in [-0.25, -0.2) is 9.59 Å². The molecule has 0 radical (unpaired) electrons. The van der Waals surface area contributed by atoms with Crippen molar-refractivity contribution in [1.82, 2.24) is 19.9 Å². The van der Waals surface area contributed by atoms with E-state index in [1.165, 1.54) is 21.6 Å². The van der Waals surface area contributed by atoms with E-state index in [1.807, 2.05) is 13.2 Å². The molecule has 0 saturated carbocycles. The van der Waals surface area contributed by atoms with E-state index in [2.05, 4.69) is 27.1 Å². The topological polar surface area (TPSA) is 266 Å². The molecule has 9 N–H and O–H groups in total. The number of aliphatic hydroxyl groups is 1. The van der Waals surface area contributed by atoms with Gasteiger partial charge in [0.2, 0.25) is 11.9 Å². The Kier molecular flexibility index (Phi) is 18.6. The quantitative estimate of drug-likeness (QED) is 0.0451. The number of H-pyrrole nitrogens is 1. The van der Waals surface area contributed by atoms with Crippen LogP contribution in [-0.2, 0) is 28.5 Å². The molecule has 2 unspecified atom stereocenters. The van der Waals surface area contributed by atoms with Crippen LogP contribution >= 0.6 is 21.6 Å². The molecule has 5 atom stereocenters. The van der Waals surface area contributed by atoms with Crippen LogP contribution in [0.4, 0.5) is 5.95 Å². The number of hydrogen-bond acceptors (Lipinski definition) is 16. The summed E-state index contributed by atoms with van der Waals surface area (Å²) in [4.78, 5) is 75.1. The Labute approximate surface area is 373 Å². The zero-order chi connectivity index (χ0) is 45.5. The molecule has 17 nitrogen and oxygen atoms in total. The number of nitrogen functional groups attached to an aromatic ring is 1. The second-order valence-corrected chi connectivity index (χ2v) is 17.7. The molecule has 1 aliphatic rings. The lowest BCUT2D eigenvalue weighted by Crippen LogP contribution is -2.30. The fourth-order valence-electron chi connectivity index (χ4n) is 7.14. The summed E-state index contributed by atoms with van der Waals surface area (Å²) in [6.45, 7) is 4.23. The van der Waals surface area contributed by atoms with Crippen molar-refractivity contribution in [1.29, 1.82) is 0 Å². The zero-order valence-corrected chi connectivity index (χ0v) is 37.2. The number of benzene rings is 2. The summed E-state index contributed by atoms with van der Waals surface area (Å²) in [5.74, 6) is 2.42. The van der Waals surface area contributed by atoms with Gasteiger partial charge in [-0.3, -0.25) is 19.4 Å². The van der Waals surface area contributed by atoms with Crippen LogP contribution in [0.3, 0.4) is 0 Å². The minimum Gasteiger partial charge on any atom is -0.462 e. The highest BCUT2D eigenvalue weighted by atomic mass is 33.1. The molecule has 2 aromatic carbocycles. The van der Waals surface area contributed by atoms with Crippen LogP contribution in [0, 0.1) is 11.8 Å². The number of nitrogens with two attached hydrogens (primary N) is 3. The molecular formula is C44H55N7O10S2. The van der Waals surface area contributed by atoms with Gasteiger partial charge in [0, 0.05) is 42.8 Å². The van der Waals surface area contributed by atoms with Gasteiger partial charge in [-0.1, -0.05) is 63.8 Å². The van der Waals surface area contributed by atoms with E-state index in [0.29, 0.717) is 42.7 Å². The number of rotatable bonds is 14. The van der Waals surface area contributed by atoms with Crippen molar-refractivity contribution >= 4 is 62.2 Å². The SMILES string of the molecule is CSSC(C)c1ccc2cc1C(=O)OCCCCC(=O)NCC#Cc1cn(c3nc(N)[nH]c(=O)c13)[C@H](O)C[C@@H](OC(=O)c1ccccc1C(C)N)C[C@@H]2C(=O)COCCOCCN. The first-order valence-electron chi connectivity index (χ1n) is 20.6. The van der Waals surface area contributed by atoms with Gasteiger partial charge >= 0.3 is 11.9 Å². The number of amides is 1. The van der Waals surface area contributed by atoms with Gasteiger partial charge < -0.3 is 51.1 Å². The van der Waals surface area contributed by atoms with Gasteiger partial charge in [0.1, 0.15) is 18.9 Å². The molecule has 63 heavy (non-hydrogen) atoms. The van der Waals surface area contributed by atoms with E-state index in [-0.39, 0.29) is 97.1 Å². The van der Waals surface area contributed by atoms with Gasteiger partial charge in [-0.2, -0.15) is 4.98 Å². The number of cyclic esters (lactones) is 1. The van der Waals surface area contributed by atoms with Gasteiger partial charge in [0.25, 0.3) is 5.56 Å². The molecule has 4 aromatic rings. The Bertz CT molecular complexity index is 2360. The fraction of sp³-hybridized carbons (Fsp3) is 0.455. The van der Waals surface area contributed by atoms with E-state index in [1.54, 1.807) is 60.2 Å². The second-order valence-electron chi connectivity index (χ2n) is 14.9. The summed E-state index contributed by atoms with van der Waals surface area (Å²) in [6, 6.07) is 11.3. The smallest absolute Gasteiger partial charge is 0.338 e. The van der Waals surface area contributed by atoms with Gasteiger partial charge in [0.05, 0.1) is 55.0 Å². The first-order chi connectivity index (χ1) is 30.3. The van der Waals surface area contributed by atoms with Crippen molar-refractivity contribution in [2.45, 2.75) is 75.5 Å². The number of ketones is 1. The number of hydrogen-bond donors (Lipinski definition) is 6. The van der Waals surface area contributed by atoms with Crippen LogP contribution in [0.5, 0.6) is 0 Å². The molecule has 1 aliphatic heterocycles. The normalized spacial score (nSPS) is 18.7. The number of Topliss-reactive ketones (excluding diaryl/α,β-unsaturated/α-hetero) is 1. The Hall–Kier alpha value is -5.20. The molecule has 0 spiro atoms. The van der Waals surface area contributed by atoms with E-state index in [9.17, 15) is 29.1 Å². The Morgan fingerprint density at radius 1 is 1.06 bits per heavy atom. The maximum Gasteiger partial charge on any atom is 0.338 e. The molecule has 0 fully saturated rings. The lowest BCUT2D eigenvalue weighted by Gasteiger charge is -2.27. The van der Waals surface area contributed by atoms with Crippen molar-refractivity contribution < 1.29 is 43.2 Å². The average molecular weight is 906 g/mol. The van der Waals surface area contributed by atoms with Crippen LogP contribution < -0.4 is 28.1 Å². The molecule has 4 bridgehead atoms. The predicted molar refractivity (Wildman–Crippen MR) is 242 cm³/mol. The molecule has 5 rings (SSSR count). The zero-order valence-electron chi connectivity index (χ0n) is 35.6. The molecule has 0 saturated heterocycles. The highest BCUT2D eigenvalue weighted by Crippen LogP contribution is 2.39. The number of nitrogens with one attached hydrogen (secondary N) is 2. The number of carbonyl (C=O) groups is 4. The maximum atomic E-state index is 14.4. The lowest BCUT2D eigenvalue weighted by atomic mass is 9.86. The summed E-state index contributed by atoms with van der Waals surface area (Å²) in [6.07, 6.45) is 1.11. The Morgan fingerprint density at radius 3 is 2.60 bits per heavy atom. The molecule has 0 aliphatic carbocycles. The van der Waals surface area contributed by atoms with Gasteiger partial charge in [0.15, 0.2) is 11.4 Å². The third-order valence-electron chi connectivity index (χ3n) is 10.2. The summed E-state index contributed by atoms with van der Waals surface area (Å²) in [5.41, 5.74) is 19.4. The Balaban J connectivity index is 1.65. The molecular weight excluding hydrogens is 851 g/mol. The number of nitrogens with zero attached hydrogens (tertiary/aromatic N) is 2. The van der Waals surface area contributed by atoms with E-state index in [4.69, 9.17) is 36.1 Å². The highest BCUT2D eigenvalue weighted by molar-refractivity contribution is 8.76. The molecule has 338 valence electrons. The van der Waals surface area contributed by atoms with E-state index >= 15 is 0 Å². The number of anilines is 1. The van der Waals surface area contributed by atoms with Crippen molar-refractivity contribution in [3.05, 3.63) is 92.4 Å². The number of carbonyl (C=O) groups excluding carboxylic acids is 4. The third-order valence-corrected chi connectivity index (χ3v) is 12.4. The van der Waals surface area contributed by atoms with E-state index in [0.717, 1.165) is 0 Å². The molecule has 2 aromatic heterocycles. The molecule has 19 heteroatoms. The van der Waals surface area contributed by atoms with Gasteiger partial charge in [-0.15, -0.1) is 0 Å². The van der Waals surface area contributed by atoms with Crippen molar-refractivity contribution in [2.24, 2.45) is 11.5 Å². The summed E-state index contributed by atoms with van der Waals surface area (Å²) >= 11 is 0. The Morgan fingerprint density at radius 2 is 1.84 bits per heavy atom. The van der Waals surface area contributed by atoms with Crippen LogP contribution in [0.1, 0.15) is 112 Å². The van der Waals surface area contributed by atoms with Crippen LogP contribution in [0.25, 0.3) is 11.0 Å². The maximum absolute atomic E-state index is 14.4. The standard InChI is InChI=1S/C44H55N7O10S2/c1-26(46)31-10-4-5-11-33(31)43(57)61-30-22-34(36(52)25-59-20-19-58-18-15-45)28-13-14-32(27(2)63-62-3)35(21-28)42(56)60-17-7-6-12-37(53)48-16-8-9-29-24-51(38(54)23-30)40-39(29)41(55)50-44(47)49-40/h4-5,10-11,13-14,21,24,26-27,30,34,38,54H,6-7,12,15-20,22-23,25,45-46H2,1-3H3,(H,48,53)(H3,47,49,50,55)/t26?,27?,30-,34-,38+/m0/s1. The minimum absolute atomic E-state index is 0.00304. The number of aromatic amines is 1. The largest absolute Gasteiger partial charge is 0.462 e. The third kappa shape index (κ3) is 13.4. The first kappa shape index (κ1) is 48.8. The second kappa shape index (κ2) is 24.0. The molecule has 3 heterocycles. The predicted octanol–water partition coefficient (Wildman–Crippen LogP) is 4.05. The lowest BCUT2D eigenvalue weighted by molar-refractivity contribution is -0.126. The van der Waals surface area contributed by atoms with Crippen LogP contribution in [0.2, 0.25) is 0 Å². The highest BCUT2D eigenvalue weighted by Gasteiger charge is 2.32. The number of esters is 2. The van der Waals surface area contributed by atoms with Crippen LogP contribution in [-0.4, -0.2) is 102 Å². The first-order valence-corrected chi connectivity index (χ1v) is 23.2. The molecule has 1 amide bonds. The summed E-state index contributed by atoms with van der Waals surface area (Å²) in [5, 5.41) is 14.6.